The molecule has 0 saturated heterocycles. The van der Waals surface area contributed by atoms with Crippen LogP contribution in [-0.4, -0.2) is 31.1 Å². The SMILES string of the molecule is CC(NC(=O)c1cc(-c2ccc(Cl)cc2F)cc(-n2cnnn2)c1)c1ccncc1. The maximum atomic E-state index is 14.5. The van der Waals surface area contributed by atoms with E-state index in [9.17, 15) is 9.18 Å². The van der Waals surface area contributed by atoms with Gasteiger partial charge in [-0.1, -0.05) is 11.6 Å². The minimum Gasteiger partial charge on any atom is -0.346 e. The number of nitrogens with one attached hydrogen (secondary N) is 1. The molecular formula is C21H16ClFN6O. The molecule has 0 fully saturated rings. The van der Waals surface area contributed by atoms with Gasteiger partial charge >= 0.3 is 0 Å². The molecule has 1 unspecified atom stereocenters. The van der Waals surface area contributed by atoms with Gasteiger partial charge in [0.1, 0.15) is 12.1 Å². The maximum absolute atomic E-state index is 14.5. The summed E-state index contributed by atoms with van der Waals surface area (Å²) in [5.41, 5.74) is 2.59. The van der Waals surface area contributed by atoms with Crippen molar-refractivity contribution in [1.29, 1.82) is 0 Å². The van der Waals surface area contributed by atoms with E-state index in [1.54, 1.807) is 42.7 Å². The topological polar surface area (TPSA) is 85.6 Å². The van der Waals surface area contributed by atoms with Gasteiger partial charge < -0.3 is 5.32 Å². The van der Waals surface area contributed by atoms with Gasteiger partial charge in [0.25, 0.3) is 5.91 Å². The van der Waals surface area contributed by atoms with E-state index in [0.717, 1.165) is 5.56 Å². The molecule has 4 rings (SSSR count). The van der Waals surface area contributed by atoms with Crippen LogP contribution in [0.5, 0.6) is 0 Å². The lowest BCUT2D eigenvalue weighted by molar-refractivity contribution is 0.0940. The van der Waals surface area contributed by atoms with Crippen LogP contribution in [0.3, 0.4) is 0 Å². The molecule has 1 atom stereocenters. The largest absolute Gasteiger partial charge is 0.346 e. The Morgan fingerprint density at radius 2 is 1.93 bits per heavy atom. The summed E-state index contributed by atoms with van der Waals surface area (Å²) >= 11 is 5.87. The number of benzene rings is 2. The predicted molar refractivity (Wildman–Crippen MR) is 110 cm³/mol. The van der Waals surface area contributed by atoms with Crippen LogP contribution in [0.1, 0.15) is 28.9 Å². The first kappa shape index (κ1) is 19.7. The van der Waals surface area contributed by atoms with E-state index >= 15 is 0 Å². The third-order valence-electron chi connectivity index (χ3n) is 4.59. The third kappa shape index (κ3) is 4.18. The summed E-state index contributed by atoms with van der Waals surface area (Å²) in [6.07, 6.45) is 4.73. The highest BCUT2D eigenvalue weighted by Gasteiger charge is 2.16. The summed E-state index contributed by atoms with van der Waals surface area (Å²) in [6, 6.07) is 12.8. The average Bonchev–Trinajstić information content (AvgIpc) is 3.29. The van der Waals surface area contributed by atoms with Gasteiger partial charge in [-0.2, -0.15) is 0 Å². The van der Waals surface area contributed by atoms with Crippen molar-refractivity contribution in [3.8, 4) is 16.8 Å². The summed E-state index contributed by atoms with van der Waals surface area (Å²) in [7, 11) is 0. The van der Waals surface area contributed by atoms with Crippen LogP contribution in [0.15, 0.2) is 67.3 Å². The number of aromatic nitrogens is 5. The van der Waals surface area contributed by atoms with Crippen LogP contribution in [0.2, 0.25) is 5.02 Å². The number of halogens is 2. The van der Waals surface area contributed by atoms with Gasteiger partial charge in [-0.15, -0.1) is 5.10 Å². The van der Waals surface area contributed by atoms with E-state index in [2.05, 4.69) is 25.8 Å². The lowest BCUT2D eigenvalue weighted by atomic mass is 10.0. The first-order chi connectivity index (χ1) is 14.5. The third-order valence-corrected chi connectivity index (χ3v) is 4.82. The second kappa shape index (κ2) is 8.38. The second-order valence-corrected chi connectivity index (χ2v) is 7.06. The van der Waals surface area contributed by atoms with Crippen molar-refractivity contribution in [2.75, 3.05) is 0 Å². The van der Waals surface area contributed by atoms with Crippen molar-refractivity contribution in [3.05, 3.63) is 89.2 Å². The zero-order valence-electron chi connectivity index (χ0n) is 15.8. The predicted octanol–water partition coefficient (Wildman–Crippen LogP) is 4.01. The van der Waals surface area contributed by atoms with Crippen molar-refractivity contribution >= 4 is 17.5 Å². The quantitative estimate of drug-likeness (QED) is 0.525. The molecule has 30 heavy (non-hydrogen) atoms. The maximum Gasteiger partial charge on any atom is 0.251 e. The summed E-state index contributed by atoms with van der Waals surface area (Å²) in [5.74, 6) is -0.808. The molecule has 0 aliphatic heterocycles. The molecule has 1 N–H and O–H groups in total. The van der Waals surface area contributed by atoms with E-state index < -0.39 is 5.82 Å². The number of hydrogen-bond donors (Lipinski definition) is 1. The summed E-state index contributed by atoms with van der Waals surface area (Å²) in [6.45, 7) is 1.87. The van der Waals surface area contributed by atoms with E-state index in [4.69, 9.17) is 11.6 Å². The molecule has 2 aromatic carbocycles. The van der Waals surface area contributed by atoms with Crippen LogP contribution < -0.4 is 5.32 Å². The summed E-state index contributed by atoms with van der Waals surface area (Å²) in [5, 5.41) is 14.4. The van der Waals surface area contributed by atoms with Gasteiger partial charge in [-0.3, -0.25) is 9.78 Å². The first-order valence-electron chi connectivity index (χ1n) is 9.06. The van der Waals surface area contributed by atoms with Gasteiger partial charge in [-0.05, 0) is 77.0 Å². The van der Waals surface area contributed by atoms with Crippen LogP contribution >= 0.6 is 11.6 Å². The average molecular weight is 423 g/mol. The number of nitrogens with zero attached hydrogens (tertiary/aromatic N) is 5. The fourth-order valence-electron chi connectivity index (χ4n) is 3.05. The minimum absolute atomic E-state index is 0.243. The van der Waals surface area contributed by atoms with Gasteiger partial charge in [0.15, 0.2) is 0 Å². The van der Waals surface area contributed by atoms with Crippen LogP contribution in [0.25, 0.3) is 16.8 Å². The van der Waals surface area contributed by atoms with Crippen molar-refractivity contribution in [3.63, 3.8) is 0 Å². The molecule has 0 saturated carbocycles. The number of amides is 1. The molecule has 1 amide bonds. The minimum atomic E-state index is -0.493. The number of carbonyl (C=O) groups excluding carboxylic acids is 1. The molecule has 2 heterocycles. The van der Waals surface area contributed by atoms with Gasteiger partial charge in [-0.25, -0.2) is 9.07 Å². The van der Waals surface area contributed by atoms with Crippen LogP contribution in [-0.2, 0) is 0 Å². The lowest BCUT2D eigenvalue weighted by Crippen LogP contribution is -2.26. The highest BCUT2D eigenvalue weighted by atomic mass is 35.5. The van der Waals surface area contributed by atoms with Gasteiger partial charge in [0.2, 0.25) is 0 Å². The van der Waals surface area contributed by atoms with Crippen LogP contribution in [0.4, 0.5) is 4.39 Å². The number of carbonyl (C=O) groups is 1. The van der Waals surface area contributed by atoms with Crippen molar-refractivity contribution in [1.82, 2.24) is 30.5 Å². The van der Waals surface area contributed by atoms with Crippen molar-refractivity contribution in [2.24, 2.45) is 0 Å². The van der Waals surface area contributed by atoms with Crippen molar-refractivity contribution in [2.45, 2.75) is 13.0 Å². The fraction of sp³-hybridized carbons (Fsp3) is 0.0952. The van der Waals surface area contributed by atoms with E-state index in [1.165, 1.54) is 17.1 Å². The smallest absolute Gasteiger partial charge is 0.251 e. The standard InChI is InChI=1S/C21H16ClFN6O/c1-13(14-4-6-24-7-5-14)26-21(30)16-8-15(19-3-2-17(22)11-20(19)23)9-18(10-16)29-12-25-27-28-29/h2-13H,1H3,(H,26,30). The van der Waals surface area contributed by atoms with Gasteiger partial charge in [0.05, 0.1) is 11.7 Å². The highest BCUT2D eigenvalue weighted by molar-refractivity contribution is 6.30. The summed E-state index contributed by atoms with van der Waals surface area (Å²) in [4.78, 5) is 17.0. The Morgan fingerprint density at radius 3 is 2.63 bits per heavy atom. The normalized spacial score (nSPS) is 11.8. The Balaban J connectivity index is 1.73. The molecular weight excluding hydrogens is 407 g/mol. The molecule has 0 radical (unpaired) electrons. The molecule has 4 aromatic rings. The Labute approximate surface area is 176 Å². The molecule has 2 aromatic heterocycles. The molecule has 0 spiro atoms. The number of hydrogen-bond acceptors (Lipinski definition) is 5. The van der Waals surface area contributed by atoms with E-state index in [-0.39, 0.29) is 17.0 Å². The number of pyridine rings is 1. The molecule has 0 bridgehead atoms. The first-order valence-corrected chi connectivity index (χ1v) is 9.44. The molecule has 150 valence electrons. The van der Waals surface area contributed by atoms with E-state index in [1.807, 2.05) is 19.1 Å². The highest BCUT2D eigenvalue weighted by Crippen LogP contribution is 2.28. The Morgan fingerprint density at radius 1 is 1.13 bits per heavy atom. The zero-order chi connectivity index (χ0) is 21.1. The number of tetrazole rings is 1. The van der Waals surface area contributed by atoms with E-state index in [0.29, 0.717) is 22.4 Å². The fourth-order valence-corrected chi connectivity index (χ4v) is 3.21. The number of rotatable bonds is 5. The molecule has 0 aliphatic carbocycles. The molecule has 9 heteroatoms. The zero-order valence-corrected chi connectivity index (χ0v) is 16.6. The van der Waals surface area contributed by atoms with Gasteiger partial charge in [0, 0.05) is 28.5 Å². The molecule has 7 nitrogen and oxygen atoms in total. The Hall–Kier alpha value is -3.65. The second-order valence-electron chi connectivity index (χ2n) is 6.62. The summed E-state index contributed by atoms with van der Waals surface area (Å²) < 4.78 is 15.9. The molecule has 0 aliphatic rings. The Kier molecular flexibility index (Phi) is 5.49. The van der Waals surface area contributed by atoms with Crippen LogP contribution in [0, 0.1) is 5.82 Å². The lowest BCUT2D eigenvalue weighted by Gasteiger charge is -2.15. The van der Waals surface area contributed by atoms with Crippen molar-refractivity contribution < 1.29 is 9.18 Å². The monoisotopic (exact) mass is 422 g/mol. The Bertz CT molecular complexity index is 1180.